The number of aromatic nitrogens is 2. The molecular formula is C17H22N4O3S. The summed E-state index contributed by atoms with van der Waals surface area (Å²) in [5.74, 6) is 1.24. The summed E-state index contributed by atoms with van der Waals surface area (Å²) in [6, 6.07) is 8.98. The summed E-state index contributed by atoms with van der Waals surface area (Å²) in [4.78, 5) is 11.1. The molecule has 0 spiro atoms. The van der Waals surface area contributed by atoms with Crippen LogP contribution in [0.25, 0.3) is 0 Å². The van der Waals surface area contributed by atoms with Crippen LogP contribution in [0.2, 0.25) is 0 Å². The van der Waals surface area contributed by atoms with Gasteiger partial charge in [-0.1, -0.05) is 6.07 Å². The minimum Gasteiger partial charge on any atom is -0.481 e. The van der Waals surface area contributed by atoms with Crippen LogP contribution in [0.15, 0.2) is 41.4 Å². The van der Waals surface area contributed by atoms with E-state index in [2.05, 4.69) is 20.2 Å². The molecule has 0 aliphatic carbocycles. The molecule has 0 saturated carbocycles. The van der Waals surface area contributed by atoms with E-state index in [1.165, 1.54) is 6.26 Å². The molecule has 0 atom stereocenters. The van der Waals surface area contributed by atoms with Crippen LogP contribution in [0, 0.1) is 0 Å². The van der Waals surface area contributed by atoms with Crippen molar-refractivity contribution in [2.45, 2.75) is 23.8 Å². The van der Waals surface area contributed by atoms with Crippen molar-refractivity contribution in [3.05, 3.63) is 36.5 Å². The monoisotopic (exact) mass is 362 g/mol. The summed E-state index contributed by atoms with van der Waals surface area (Å²) < 4.78 is 28.5. The first kappa shape index (κ1) is 17.5. The smallest absolute Gasteiger partial charge is 0.228 e. The van der Waals surface area contributed by atoms with Crippen LogP contribution in [0.1, 0.15) is 12.8 Å². The highest BCUT2D eigenvalue weighted by Gasteiger charge is 2.21. The molecule has 1 aromatic heterocycles. The van der Waals surface area contributed by atoms with Gasteiger partial charge in [-0.3, -0.25) is 0 Å². The van der Waals surface area contributed by atoms with Gasteiger partial charge in [-0.2, -0.15) is 4.98 Å². The zero-order chi connectivity index (χ0) is 17.9. The Kier molecular flexibility index (Phi) is 5.08. The van der Waals surface area contributed by atoms with Crippen LogP contribution in [0.5, 0.6) is 5.88 Å². The van der Waals surface area contributed by atoms with Crippen LogP contribution in [-0.2, 0) is 9.84 Å². The maximum absolute atomic E-state index is 11.7. The Balaban J connectivity index is 1.61. The van der Waals surface area contributed by atoms with Crippen molar-refractivity contribution in [1.82, 2.24) is 9.97 Å². The molecule has 1 N–H and O–H groups in total. The van der Waals surface area contributed by atoms with Crippen molar-refractivity contribution < 1.29 is 13.2 Å². The second-order valence-electron chi connectivity index (χ2n) is 6.10. The molecule has 2 heterocycles. The molecule has 1 aliphatic rings. The van der Waals surface area contributed by atoms with E-state index in [-0.39, 0.29) is 6.04 Å². The largest absolute Gasteiger partial charge is 0.481 e. The normalized spacial score (nSPS) is 15.8. The maximum atomic E-state index is 11.7. The lowest BCUT2D eigenvalue weighted by Gasteiger charge is -2.33. The predicted molar refractivity (Wildman–Crippen MR) is 97.0 cm³/mol. The fraction of sp³-hybridized carbons (Fsp3) is 0.412. The molecule has 1 saturated heterocycles. The average molecular weight is 362 g/mol. The molecule has 25 heavy (non-hydrogen) atoms. The van der Waals surface area contributed by atoms with Gasteiger partial charge in [0, 0.05) is 43.3 Å². The molecular weight excluding hydrogens is 340 g/mol. The van der Waals surface area contributed by atoms with Gasteiger partial charge in [-0.05, 0) is 31.0 Å². The highest BCUT2D eigenvalue weighted by Crippen LogP contribution is 2.22. The number of hydrogen-bond acceptors (Lipinski definition) is 7. The second kappa shape index (κ2) is 7.26. The number of rotatable bonds is 5. The lowest BCUT2D eigenvalue weighted by Crippen LogP contribution is -2.40. The van der Waals surface area contributed by atoms with Crippen molar-refractivity contribution in [2.75, 3.05) is 36.7 Å². The minimum atomic E-state index is -3.19. The number of piperidine rings is 1. The summed E-state index contributed by atoms with van der Waals surface area (Å²) in [6.45, 7) is 1.66. The first-order chi connectivity index (χ1) is 12.0. The number of nitrogens with zero attached hydrogens (tertiary/aromatic N) is 3. The molecule has 0 bridgehead atoms. The fourth-order valence-electron chi connectivity index (χ4n) is 2.87. The lowest BCUT2D eigenvalue weighted by molar-refractivity contribution is 0.396. The van der Waals surface area contributed by atoms with E-state index in [1.807, 2.05) is 6.07 Å². The van der Waals surface area contributed by atoms with E-state index in [4.69, 9.17) is 4.74 Å². The lowest BCUT2D eigenvalue weighted by atomic mass is 10.0. The van der Waals surface area contributed by atoms with Crippen LogP contribution >= 0.6 is 0 Å². The molecule has 0 unspecified atom stereocenters. The summed E-state index contributed by atoms with van der Waals surface area (Å²) in [7, 11) is -1.60. The Morgan fingerprint density at radius 3 is 2.68 bits per heavy atom. The average Bonchev–Trinajstić information content (AvgIpc) is 2.62. The number of hydrogen-bond donors (Lipinski definition) is 1. The number of benzene rings is 1. The third kappa shape index (κ3) is 4.39. The Morgan fingerprint density at radius 1 is 1.24 bits per heavy atom. The molecule has 0 radical (unpaired) electrons. The van der Waals surface area contributed by atoms with E-state index in [1.54, 1.807) is 37.6 Å². The molecule has 8 heteroatoms. The van der Waals surface area contributed by atoms with Gasteiger partial charge in [0.2, 0.25) is 11.8 Å². The molecule has 7 nitrogen and oxygen atoms in total. The Morgan fingerprint density at radius 2 is 2.00 bits per heavy atom. The van der Waals surface area contributed by atoms with Gasteiger partial charge < -0.3 is 15.0 Å². The molecule has 134 valence electrons. The van der Waals surface area contributed by atoms with E-state index < -0.39 is 9.84 Å². The topological polar surface area (TPSA) is 84.4 Å². The van der Waals surface area contributed by atoms with E-state index >= 15 is 0 Å². The summed E-state index contributed by atoms with van der Waals surface area (Å²) in [6.07, 6.45) is 4.76. The van der Waals surface area contributed by atoms with Crippen molar-refractivity contribution in [3.63, 3.8) is 0 Å². The van der Waals surface area contributed by atoms with Gasteiger partial charge in [0.05, 0.1) is 12.0 Å². The van der Waals surface area contributed by atoms with Crippen molar-refractivity contribution >= 4 is 21.5 Å². The standard InChI is InChI=1S/C17H22N4O3S/c1-24-16-6-9-18-17(20-16)21-10-7-13(8-11-21)19-14-4-3-5-15(12-14)25(2,22)23/h3-6,9,12-13,19H,7-8,10-11H2,1-2H3. The second-order valence-corrected chi connectivity index (χ2v) is 8.12. The van der Waals surface area contributed by atoms with Gasteiger partial charge in [0.15, 0.2) is 9.84 Å². The highest BCUT2D eigenvalue weighted by atomic mass is 32.2. The third-order valence-electron chi connectivity index (χ3n) is 4.24. The first-order valence-electron chi connectivity index (χ1n) is 8.14. The number of anilines is 2. The number of sulfone groups is 1. The van der Waals surface area contributed by atoms with Crippen molar-refractivity contribution in [2.24, 2.45) is 0 Å². The van der Waals surface area contributed by atoms with Crippen molar-refractivity contribution in [1.29, 1.82) is 0 Å². The Labute approximate surface area is 148 Å². The Hall–Kier alpha value is -2.35. The molecule has 0 amide bonds. The Bertz CT molecular complexity index is 833. The van der Waals surface area contributed by atoms with Gasteiger partial charge >= 0.3 is 0 Å². The fourth-order valence-corrected chi connectivity index (χ4v) is 3.54. The number of nitrogens with one attached hydrogen (secondary N) is 1. The third-order valence-corrected chi connectivity index (χ3v) is 5.35. The quantitative estimate of drug-likeness (QED) is 0.870. The number of ether oxygens (including phenoxy) is 1. The maximum Gasteiger partial charge on any atom is 0.228 e. The van der Waals surface area contributed by atoms with Crippen LogP contribution < -0.4 is 15.0 Å². The summed E-state index contributed by atoms with van der Waals surface area (Å²) >= 11 is 0. The van der Waals surface area contributed by atoms with Crippen molar-refractivity contribution in [3.8, 4) is 5.88 Å². The van der Waals surface area contributed by atoms with E-state index in [0.29, 0.717) is 16.7 Å². The number of methoxy groups -OCH3 is 1. The van der Waals surface area contributed by atoms with Crippen LogP contribution in [0.3, 0.4) is 0 Å². The van der Waals surface area contributed by atoms with E-state index in [9.17, 15) is 8.42 Å². The zero-order valence-corrected chi connectivity index (χ0v) is 15.2. The van der Waals surface area contributed by atoms with E-state index in [0.717, 1.165) is 31.6 Å². The van der Waals surface area contributed by atoms with Gasteiger partial charge in [0.1, 0.15) is 0 Å². The first-order valence-corrected chi connectivity index (χ1v) is 10.0. The molecule has 1 aromatic carbocycles. The SMILES string of the molecule is COc1ccnc(N2CCC(Nc3cccc(S(C)(=O)=O)c3)CC2)n1. The molecule has 2 aromatic rings. The van der Waals surface area contributed by atoms with Gasteiger partial charge in [-0.15, -0.1) is 0 Å². The van der Waals surface area contributed by atoms with Gasteiger partial charge in [-0.25, -0.2) is 13.4 Å². The predicted octanol–water partition coefficient (Wildman–Crippen LogP) is 1.97. The summed E-state index contributed by atoms with van der Waals surface area (Å²) in [5, 5.41) is 3.43. The highest BCUT2D eigenvalue weighted by molar-refractivity contribution is 7.90. The van der Waals surface area contributed by atoms with Gasteiger partial charge in [0.25, 0.3) is 0 Å². The summed E-state index contributed by atoms with van der Waals surface area (Å²) in [5.41, 5.74) is 0.832. The molecule has 1 aliphatic heterocycles. The van der Waals surface area contributed by atoms with Crippen LogP contribution in [0.4, 0.5) is 11.6 Å². The van der Waals surface area contributed by atoms with Crippen LogP contribution in [-0.4, -0.2) is 50.9 Å². The molecule has 3 rings (SSSR count). The zero-order valence-electron chi connectivity index (χ0n) is 14.3. The molecule has 1 fully saturated rings. The minimum absolute atomic E-state index is 0.289.